The molecule has 0 aliphatic carbocycles. The van der Waals surface area contributed by atoms with Crippen LogP contribution in [0, 0.1) is 0 Å². The van der Waals surface area contributed by atoms with Crippen molar-refractivity contribution < 1.29 is 4.74 Å². The first-order valence-electron chi connectivity index (χ1n) is 6.67. The van der Waals surface area contributed by atoms with Crippen molar-refractivity contribution in [1.29, 1.82) is 0 Å². The Hall–Kier alpha value is -1.52. The first-order chi connectivity index (χ1) is 9.78. The van der Waals surface area contributed by atoms with Crippen LogP contribution in [0.15, 0.2) is 53.0 Å². The molecule has 1 atom stereocenters. The van der Waals surface area contributed by atoms with Crippen molar-refractivity contribution >= 4 is 21.6 Å². The molecule has 3 nitrogen and oxygen atoms in total. The van der Waals surface area contributed by atoms with Crippen molar-refractivity contribution in [2.24, 2.45) is 0 Å². The Balaban J connectivity index is 1.86. The van der Waals surface area contributed by atoms with Gasteiger partial charge in [-0.3, -0.25) is 5.32 Å². The molecular weight excluding hydrogens is 316 g/mol. The molecule has 20 heavy (non-hydrogen) atoms. The zero-order valence-corrected chi connectivity index (χ0v) is 12.9. The Morgan fingerprint density at radius 1 is 1.10 bits per heavy atom. The summed E-state index contributed by atoms with van der Waals surface area (Å²) in [4.78, 5) is 2.38. The lowest BCUT2D eigenvalue weighted by atomic mass is 10.1. The van der Waals surface area contributed by atoms with E-state index in [1.165, 1.54) is 11.3 Å². The molecule has 0 spiro atoms. The van der Waals surface area contributed by atoms with E-state index in [-0.39, 0.29) is 6.17 Å². The molecule has 2 aromatic rings. The van der Waals surface area contributed by atoms with Crippen LogP contribution in [-0.4, -0.2) is 20.2 Å². The Bertz CT molecular complexity index is 568. The number of methoxy groups -OCH3 is 1. The van der Waals surface area contributed by atoms with Gasteiger partial charge in [0.15, 0.2) is 0 Å². The SMILES string of the molecule is COc1ccc(N2CCNC2c2ccc(Br)cc2)cc1. The van der Waals surface area contributed by atoms with Gasteiger partial charge >= 0.3 is 0 Å². The zero-order valence-electron chi connectivity index (χ0n) is 11.3. The normalized spacial score (nSPS) is 18.3. The molecule has 0 radical (unpaired) electrons. The first-order valence-corrected chi connectivity index (χ1v) is 7.47. The summed E-state index contributed by atoms with van der Waals surface area (Å²) < 4.78 is 6.32. The van der Waals surface area contributed by atoms with Gasteiger partial charge in [0.25, 0.3) is 0 Å². The maximum atomic E-state index is 5.22. The van der Waals surface area contributed by atoms with E-state index in [2.05, 4.69) is 62.5 Å². The van der Waals surface area contributed by atoms with Gasteiger partial charge in [-0.15, -0.1) is 0 Å². The summed E-state index contributed by atoms with van der Waals surface area (Å²) in [5.41, 5.74) is 2.49. The van der Waals surface area contributed by atoms with E-state index in [1.54, 1.807) is 7.11 Å². The van der Waals surface area contributed by atoms with Crippen LogP contribution in [0.2, 0.25) is 0 Å². The number of anilines is 1. The van der Waals surface area contributed by atoms with Gasteiger partial charge in [-0.05, 0) is 42.0 Å². The van der Waals surface area contributed by atoms with Crippen molar-refractivity contribution in [2.45, 2.75) is 6.17 Å². The minimum absolute atomic E-state index is 0.233. The Kier molecular flexibility index (Phi) is 3.94. The highest BCUT2D eigenvalue weighted by atomic mass is 79.9. The van der Waals surface area contributed by atoms with E-state index in [0.717, 1.165) is 23.3 Å². The minimum Gasteiger partial charge on any atom is -0.497 e. The van der Waals surface area contributed by atoms with Crippen LogP contribution in [0.4, 0.5) is 5.69 Å². The molecule has 2 aromatic carbocycles. The number of ether oxygens (including phenoxy) is 1. The van der Waals surface area contributed by atoms with Crippen LogP contribution < -0.4 is 15.0 Å². The first kappa shape index (κ1) is 13.5. The van der Waals surface area contributed by atoms with Gasteiger partial charge in [-0.25, -0.2) is 0 Å². The monoisotopic (exact) mass is 332 g/mol. The smallest absolute Gasteiger partial charge is 0.119 e. The highest BCUT2D eigenvalue weighted by molar-refractivity contribution is 9.10. The summed E-state index contributed by atoms with van der Waals surface area (Å²) in [7, 11) is 1.69. The number of hydrogen-bond acceptors (Lipinski definition) is 3. The highest BCUT2D eigenvalue weighted by Crippen LogP contribution is 2.30. The molecular formula is C16H17BrN2O. The quantitative estimate of drug-likeness (QED) is 0.929. The molecule has 0 aromatic heterocycles. The van der Waals surface area contributed by atoms with Crippen molar-refractivity contribution in [3.05, 3.63) is 58.6 Å². The molecule has 3 rings (SSSR count). The fraction of sp³-hybridized carbons (Fsp3) is 0.250. The fourth-order valence-electron chi connectivity index (χ4n) is 2.56. The summed E-state index contributed by atoms with van der Waals surface area (Å²) in [5.74, 6) is 0.890. The number of nitrogens with zero attached hydrogens (tertiary/aromatic N) is 1. The van der Waals surface area contributed by atoms with Gasteiger partial charge < -0.3 is 9.64 Å². The maximum Gasteiger partial charge on any atom is 0.119 e. The number of nitrogens with one attached hydrogen (secondary N) is 1. The highest BCUT2D eigenvalue weighted by Gasteiger charge is 2.25. The van der Waals surface area contributed by atoms with Crippen molar-refractivity contribution in [2.75, 3.05) is 25.1 Å². The van der Waals surface area contributed by atoms with Gasteiger partial charge in [0.1, 0.15) is 11.9 Å². The molecule has 0 saturated carbocycles. The topological polar surface area (TPSA) is 24.5 Å². The third kappa shape index (κ3) is 2.67. The van der Waals surface area contributed by atoms with E-state index >= 15 is 0 Å². The summed E-state index contributed by atoms with van der Waals surface area (Å²) in [6.07, 6.45) is 0.233. The van der Waals surface area contributed by atoms with Crippen molar-refractivity contribution in [3.8, 4) is 5.75 Å². The molecule has 104 valence electrons. The fourth-order valence-corrected chi connectivity index (χ4v) is 2.82. The zero-order chi connectivity index (χ0) is 13.9. The summed E-state index contributed by atoms with van der Waals surface area (Å²) in [5, 5.41) is 3.55. The van der Waals surface area contributed by atoms with E-state index in [9.17, 15) is 0 Å². The molecule has 1 N–H and O–H groups in total. The van der Waals surface area contributed by atoms with E-state index in [0.29, 0.717) is 0 Å². The summed E-state index contributed by atoms with van der Waals surface area (Å²) in [6.45, 7) is 2.00. The van der Waals surface area contributed by atoms with Crippen LogP contribution in [0.25, 0.3) is 0 Å². The summed E-state index contributed by atoms with van der Waals surface area (Å²) in [6, 6.07) is 16.7. The average Bonchev–Trinajstić information content (AvgIpc) is 2.97. The van der Waals surface area contributed by atoms with Gasteiger partial charge in [0.2, 0.25) is 0 Å². The third-order valence-electron chi connectivity index (χ3n) is 3.59. The molecule has 1 fully saturated rings. The third-order valence-corrected chi connectivity index (χ3v) is 4.12. The van der Waals surface area contributed by atoms with Crippen LogP contribution in [0.5, 0.6) is 5.75 Å². The number of benzene rings is 2. The van der Waals surface area contributed by atoms with Crippen LogP contribution >= 0.6 is 15.9 Å². The second-order valence-electron chi connectivity index (χ2n) is 4.80. The van der Waals surface area contributed by atoms with Crippen molar-refractivity contribution in [1.82, 2.24) is 5.32 Å². The standard InChI is InChI=1S/C16H17BrN2O/c1-20-15-8-6-14(7-9-15)19-11-10-18-16(19)12-2-4-13(17)5-3-12/h2-9,16,18H,10-11H2,1H3. The van der Waals surface area contributed by atoms with Gasteiger partial charge in [0, 0.05) is 23.2 Å². The van der Waals surface area contributed by atoms with E-state index in [4.69, 9.17) is 4.74 Å². The predicted molar refractivity (Wildman–Crippen MR) is 85.2 cm³/mol. The molecule has 1 aliphatic heterocycles. The van der Waals surface area contributed by atoms with Crippen LogP contribution in [0.1, 0.15) is 11.7 Å². The lowest BCUT2D eigenvalue weighted by Gasteiger charge is -2.26. The van der Waals surface area contributed by atoms with Gasteiger partial charge in [0.05, 0.1) is 7.11 Å². The molecule has 1 saturated heterocycles. The Morgan fingerprint density at radius 3 is 2.45 bits per heavy atom. The number of rotatable bonds is 3. The second kappa shape index (κ2) is 5.85. The maximum absolute atomic E-state index is 5.22. The van der Waals surface area contributed by atoms with Crippen molar-refractivity contribution in [3.63, 3.8) is 0 Å². The van der Waals surface area contributed by atoms with E-state index < -0.39 is 0 Å². The van der Waals surface area contributed by atoms with Crippen LogP contribution in [0.3, 0.4) is 0 Å². The summed E-state index contributed by atoms with van der Waals surface area (Å²) >= 11 is 3.48. The molecule has 0 bridgehead atoms. The average molecular weight is 333 g/mol. The van der Waals surface area contributed by atoms with Gasteiger partial charge in [-0.2, -0.15) is 0 Å². The Labute approximate surface area is 127 Å². The second-order valence-corrected chi connectivity index (χ2v) is 5.72. The molecule has 1 unspecified atom stereocenters. The van der Waals surface area contributed by atoms with E-state index in [1.807, 2.05) is 12.1 Å². The lowest BCUT2D eigenvalue weighted by molar-refractivity contribution is 0.415. The molecule has 0 amide bonds. The van der Waals surface area contributed by atoms with Crippen LogP contribution in [-0.2, 0) is 0 Å². The predicted octanol–water partition coefficient (Wildman–Crippen LogP) is 3.57. The van der Waals surface area contributed by atoms with Gasteiger partial charge in [-0.1, -0.05) is 28.1 Å². The molecule has 1 aliphatic rings. The lowest BCUT2D eigenvalue weighted by Crippen LogP contribution is -2.27. The minimum atomic E-state index is 0.233. The largest absolute Gasteiger partial charge is 0.497 e. The number of halogens is 1. The molecule has 4 heteroatoms. The number of hydrogen-bond donors (Lipinski definition) is 1. The molecule has 1 heterocycles. The Morgan fingerprint density at radius 2 is 1.80 bits per heavy atom.